The van der Waals surface area contributed by atoms with E-state index in [2.05, 4.69) is 6.58 Å². The number of hydrogen-bond acceptors (Lipinski definition) is 1. The van der Waals surface area contributed by atoms with Gasteiger partial charge in [-0.15, -0.1) is 6.58 Å². The first-order chi connectivity index (χ1) is 7.32. The van der Waals surface area contributed by atoms with E-state index in [1.54, 1.807) is 18.2 Å². The van der Waals surface area contributed by atoms with E-state index in [-0.39, 0.29) is 0 Å². The zero-order valence-corrected chi connectivity index (χ0v) is 8.83. The Morgan fingerprint density at radius 3 is 2.12 bits per heavy atom. The van der Waals surface area contributed by atoms with Gasteiger partial charge in [-0.2, -0.15) is 13.2 Å². The zero-order chi connectivity index (χ0) is 12.4. The van der Waals surface area contributed by atoms with Crippen molar-refractivity contribution in [2.24, 2.45) is 0 Å². The van der Waals surface area contributed by atoms with Gasteiger partial charge in [0.1, 0.15) is 0 Å². The minimum Gasteiger partial charge on any atom is -0.382 e. The first-order valence-electron chi connectivity index (χ1n) is 4.76. The Balaban J connectivity index is 3.18. The molecule has 1 aromatic rings. The number of aliphatic hydroxyl groups excluding tert-OH is 1. The monoisotopic (exact) mass is 230 g/mol. The molecule has 0 amide bonds. The third-order valence-corrected chi connectivity index (χ3v) is 2.70. The number of hydrogen-bond donors (Lipinski definition) is 1. The maximum Gasteiger partial charge on any atom is 0.415 e. The van der Waals surface area contributed by atoms with Gasteiger partial charge >= 0.3 is 6.18 Å². The van der Waals surface area contributed by atoms with Crippen LogP contribution in [-0.4, -0.2) is 17.4 Å². The highest BCUT2D eigenvalue weighted by atomic mass is 19.4. The van der Waals surface area contributed by atoms with Crippen molar-refractivity contribution < 1.29 is 18.3 Å². The van der Waals surface area contributed by atoms with Crippen molar-refractivity contribution in [2.75, 3.05) is 0 Å². The van der Waals surface area contributed by atoms with Crippen molar-refractivity contribution in [3.8, 4) is 0 Å². The lowest BCUT2D eigenvalue weighted by Gasteiger charge is -2.33. The minimum absolute atomic E-state index is 0.384. The topological polar surface area (TPSA) is 20.2 Å². The van der Waals surface area contributed by atoms with Crippen LogP contribution >= 0.6 is 0 Å². The van der Waals surface area contributed by atoms with Crippen LogP contribution in [0.1, 0.15) is 12.5 Å². The van der Waals surface area contributed by atoms with Crippen molar-refractivity contribution >= 4 is 0 Å². The standard InChI is InChI=1S/C12H13F3O/c1-3-11(2,10(16)12(13,14)15)9-7-5-4-6-8-9/h3-8,10,16H,1H2,2H3/t10?,11-/m1/s1. The van der Waals surface area contributed by atoms with Crippen molar-refractivity contribution in [3.05, 3.63) is 48.6 Å². The number of aliphatic hydroxyl groups is 1. The summed E-state index contributed by atoms with van der Waals surface area (Å²) < 4.78 is 37.6. The highest BCUT2D eigenvalue weighted by Gasteiger charge is 2.49. The molecule has 4 heteroatoms. The Kier molecular flexibility index (Phi) is 3.43. The fraction of sp³-hybridized carbons (Fsp3) is 0.333. The maximum absolute atomic E-state index is 12.5. The Bertz CT molecular complexity index is 358. The van der Waals surface area contributed by atoms with Crippen LogP contribution < -0.4 is 0 Å². The van der Waals surface area contributed by atoms with Crippen molar-refractivity contribution in [1.82, 2.24) is 0 Å². The van der Waals surface area contributed by atoms with Gasteiger partial charge in [0.15, 0.2) is 6.10 Å². The molecule has 0 saturated carbocycles. The molecule has 1 aromatic carbocycles. The molecule has 0 radical (unpaired) electrons. The molecule has 0 heterocycles. The number of benzene rings is 1. The lowest BCUT2D eigenvalue weighted by molar-refractivity contribution is -0.218. The van der Waals surface area contributed by atoms with E-state index in [1.165, 1.54) is 19.1 Å². The highest BCUT2D eigenvalue weighted by Crippen LogP contribution is 2.37. The molecule has 0 aromatic heterocycles. The van der Waals surface area contributed by atoms with Gasteiger partial charge < -0.3 is 5.11 Å². The first-order valence-corrected chi connectivity index (χ1v) is 4.76. The fourth-order valence-electron chi connectivity index (χ4n) is 1.52. The SMILES string of the molecule is C=C[C@](C)(c1ccccc1)C(O)C(F)(F)F. The highest BCUT2D eigenvalue weighted by molar-refractivity contribution is 5.31. The molecule has 1 unspecified atom stereocenters. The summed E-state index contributed by atoms with van der Waals surface area (Å²) in [4.78, 5) is 0. The normalized spacial score (nSPS) is 17.6. The fourth-order valence-corrected chi connectivity index (χ4v) is 1.52. The van der Waals surface area contributed by atoms with Crippen LogP contribution in [0.4, 0.5) is 13.2 Å². The average Bonchev–Trinajstić information content (AvgIpc) is 2.27. The molecule has 2 atom stereocenters. The smallest absolute Gasteiger partial charge is 0.382 e. The molecular weight excluding hydrogens is 217 g/mol. The van der Waals surface area contributed by atoms with Gasteiger partial charge in [0.05, 0.1) is 0 Å². The molecule has 1 N–H and O–H groups in total. The molecule has 0 saturated heterocycles. The van der Waals surface area contributed by atoms with Gasteiger partial charge in [-0.05, 0) is 12.5 Å². The van der Waals surface area contributed by atoms with E-state index in [9.17, 15) is 18.3 Å². The zero-order valence-electron chi connectivity index (χ0n) is 8.83. The minimum atomic E-state index is -4.67. The van der Waals surface area contributed by atoms with E-state index >= 15 is 0 Å². The Morgan fingerprint density at radius 2 is 1.75 bits per heavy atom. The predicted octanol–water partition coefficient (Wildman–Crippen LogP) is 3.05. The molecule has 0 fully saturated rings. The van der Waals surface area contributed by atoms with E-state index in [4.69, 9.17) is 0 Å². The second-order valence-electron chi connectivity index (χ2n) is 3.80. The molecule has 0 aliphatic heterocycles. The third kappa shape index (κ3) is 2.27. The van der Waals surface area contributed by atoms with Crippen LogP contribution in [0.15, 0.2) is 43.0 Å². The Hall–Kier alpha value is -1.29. The van der Waals surface area contributed by atoms with E-state index in [0.717, 1.165) is 6.08 Å². The van der Waals surface area contributed by atoms with E-state index < -0.39 is 17.7 Å². The molecule has 0 bridgehead atoms. The second kappa shape index (κ2) is 4.29. The molecular formula is C12H13F3O. The van der Waals surface area contributed by atoms with Crippen molar-refractivity contribution in [1.29, 1.82) is 0 Å². The molecule has 1 nitrogen and oxygen atoms in total. The van der Waals surface area contributed by atoms with E-state index in [0.29, 0.717) is 5.56 Å². The summed E-state index contributed by atoms with van der Waals surface area (Å²) >= 11 is 0. The van der Waals surface area contributed by atoms with Crippen LogP contribution in [0.2, 0.25) is 0 Å². The van der Waals surface area contributed by atoms with Crippen molar-refractivity contribution in [2.45, 2.75) is 24.6 Å². The quantitative estimate of drug-likeness (QED) is 0.791. The Labute approximate surface area is 92.2 Å². The lowest BCUT2D eigenvalue weighted by atomic mass is 9.77. The van der Waals surface area contributed by atoms with Crippen molar-refractivity contribution in [3.63, 3.8) is 0 Å². The van der Waals surface area contributed by atoms with Gasteiger partial charge in [-0.3, -0.25) is 0 Å². The van der Waals surface area contributed by atoms with Crippen LogP contribution in [0.25, 0.3) is 0 Å². The van der Waals surface area contributed by atoms with Crippen LogP contribution in [0.5, 0.6) is 0 Å². The summed E-state index contributed by atoms with van der Waals surface area (Å²) in [6.07, 6.45) is -6.00. The lowest BCUT2D eigenvalue weighted by Crippen LogP contribution is -2.45. The van der Waals surface area contributed by atoms with E-state index in [1.807, 2.05) is 0 Å². The summed E-state index contributed by atoms with van der Waals surface area (Å²) in [5, 5.41) is 9.36. The van der Waals surface area contributed by atoms with Gasteiger partial charge in [-0.1, -0.05) is 36.4 Å². The van der Waals surface area contributed by atoms with Crippen LogP contribution in [0.3, 0.4) is 0 Å². The van der Waals surface area contributed by atoms with Gasteiger partial charge in [-0.25, -0.2) is 0 Å². The predicted molar refractivity (Wildman–Crippen MR) is 56.1 cm³/mol. The molecule has 0 spiro atoms. The van der Waals surface area contributed by atoms with Crippen LogP contribution in [-0.2, 0) is 5.41 Å². The van der Waals surface area contributed by atoms with Gasteiger partial charge in [0, 0.05) is 5.41 Å². The second-order valence-corrected chi connectivity index (χ2v) is 3.80. The Morgan fingerprint density at radius 1 is 1.25 bits per heavy atom. The average molecular weight is 230 g/mol. The largest absolute Gasteiger partial charge is 0.415 e. The molecule has 1 rings (SSSR count). The number of halogens is 3. The molecule has 16 heavy (non-hydrogen) atoms. The van der Waals surface area contributed by atoms with Gasteiger partial charge in [0.2, 0.25) is 0 Å². The summed E-state index contributed by atoms with van der Waals surface area (Å²) in [5.74, 6) is 0. The maximum atomic E-state index is 12.5. The summed E-state index contributed by atoms with van der Waals surface area (Å²) in [7, 11) is 0. The first kappa shape index (κ1) is 12.8. The van der Waals surface area contributed by atoms with Gasteiger partial charge in [0.25, 0.3) is 0 Å². The molecule has 0 aliphatic carbocycles. The molecule has 88 valence electrons. The number of rotatable bonds is 3. The van der Waals surface area contributed by atoms with Crippen LogP contribution in [0, 0.1) is 0 Å². The number of alkyl halides is 3. The summed E-state index contributed by atoms with van der Waals surface area (Å²) in [6, 6.07) is 8.03. The molecule has 0 aliphatic rings. The third-order valence-electron chi connectivity index (χ3n) is 2.70. The summed E-state index contributed by atoms with van der Waals surface area (Å²) in [6.45, 7) is 4.70. The summed E-state index contributed by atoms with van der Waals surface area (Å²) in [5.41, 5.74) is -1.14.